The number of carbonyl (C=O) groups excluding carboxylic acids is 1. The average Bonchev–Trinajstić information content (AvgIpc) is 2.79. The molecule has 0 aliphatic heterocycles. The molecule has 1 aliphatic rings. The molecule has 17 heavy (non-hydrogen) atoms. The van der Waals surface area contributed by atoms with Crippen molar-refractivity contribution in [3.05, 3.63) is 28.2 Å². The van der Waals surface area contributed by atoms with E-state index in [4.69, 9.17) is 4.74 Å². The Balaban J connectivity index is 2.54. The van der Waals surface area contributed by atoms with E-state index < -0.39 is 5.54 Å². The maximum atomic E-state index is 10.7. The number of rotatable bonds is 3. The Kier molecular flexibility index (Phi) is 3.65. The molecule has 0 N–H and O–H groups in total. The second-order valence-electron chi connectivity index (χ2n) is 4.26. The minimum Gasteiger partial charge on any atom is -0.496 e. The summed E-state index contributed by atoms with van der Waals surface area (Å²) in [5.41, 5.74) is 0.618. The van der Waals surface area contributed by atoms with Crippen LogP contribution in [0, 0.1) is 0 Å². The zero-order chi connectivity index (χ0) is 12.3. The number of ether oxygens (including phenoxy) is 1. The minimum absolute atomic E-state index is 0.408. The number of hydrogen-bond donors (Lipinski definition) is 0. The minimum atomic E-state index is -0.408. The van der Waals surface area contributed by atoms with E-state index in [9.17, 15) is 4.79 Å². The van der Waals surface area contributed by atoms with Crippen molar-refractivity contribution in [1.82, 2.24) is 0 Å². The predicted molar refractivity (Wildman–Crippen MR) is 69.0 cm³/mol. The Bertz CT molecular complexity index is 460. The van der Waals surface area contributed by atoms with Crippen molar-refractivity contribution in [3.8, 4) is 5.75 Å². The summed E-state index contributed by atoms with van der Waals surface area (Å²) in [5.74, 6) is 0.773. The summed E-state index contributed by atoms with van der Waals surface area (Å²) < 4.78 is 6.17. The Morgan fingerprint density at radius 3 is 2.71 bits per heavy atom. The van der Waals surface area contributed by atoms with Crippen molar-refractivity contribution in [3.63, 3.8) is 0 Å². The lowest BCUT2D eigenvalue weighted by Gasteiger charge is -2.24. The third-order valence-corrected chi connectivity index (χ3v) is 4.19. The average molecular weight is 296 g/mol. The van der Waals surface area contributed by atoms with Gasteiger partial charge in [-0.1, -0.05) is 25.0 Å². The van der Waals surface area contributed by atoms with Crippen molar-refractivity contribution in [2.24, 2.45) is 4.99 Å². The van der Waals surface area contributed by atoms with Crippen LogP contribution in [-0.4, -0.2) is 13.2 Å². The van der Waals surface area contributed by atoms with Gasteiger partial charge in [-0.05, 0) is 40.4 Å². The summed E-state index contributed by atoms with van der Waals surface area (Å²) in [7, 11) is 1.63. The van der Waals surface area contributed by atoms with Gasteiger partial charge in [-0.15, -0.1) is 0 Å². The molecule has 0 unspecified atom stereocenters. The van der Waals surface area contributed by atoms with E-state index in [0.29, 0.717) is 0 Å². The normalized spacial score (nSPS) is 17.5. The molecule has 2 rings (SSSR count). The molecule has 1 fully saturated rings. The van der Waals surface area contributed by atoms with Gasteiger partial charge in [0.2, 0.25) is 6.08 Å². The lowest BCUT2D eigenvalue weighted by molar-refractivity contribution is 0.404. The summed E-state index contributed by atoms with van der Waals surface area (Å²) in [6, 6.07) is 5.82. The van der Waals surface area contributed by atoms with E-state index in [2.05, 4.69) is 20.9 Å². The maximum absolute atomic E-state index is 10.7. The molecule has 0 spiro atoms. The van der Waals surface area contributed by atoms with Gasteiger partial charge in [-0.3, -0.25) is 0 Å². The number of isocyanates is 1. The van der Waals surface area contributed by atoms with Gasteiger partial charge >= 0.3 is 0 Å². The zero-order valence-electron chi connectivity index (χ0n) is 9.70. The van der Waals surface area contributed by atoms with Gasteiger partial charge in [-0.25, -0.2) is 4.79 Å². The SMILES string of the molecule is COc1cccc(C2(N=C=O)CCCC2)c1Br. The molecule has 90 valence electrons. The van der Waals surface area contributed by atoms with E-state index >= 15 is 0 Å². The first-order chi connectivity index (χ1) is 8.23. The number of methoxy groups -OCH3 is 1. The van der Waals surface area contributed by atoms with Crippen LogP contribution in [0.1, 0.15) is 31.2 Å². The van der Waals surface area contributed by atoms with Gasteiger partial charge in [-0.2, -0.15) is 4.99 Å². The second-order valence-corrected chi connectivity index (χ2v) is 5.06. The zero-order valence-corrected chi connectivity index (χ0v) is 11.3. The first-order valence-corrected chi connectivity index (χ1v) is 6.45. The number of hydrogen-bond acceptors (Lipinski definition) is 3. The van der Waals surface area contributed by atoms with Crippen LogP contribution in [0.5, 0.6) is 5.75 Å². The van der Waals surface area contributed by atoms with Crippen molar-refractivity contribution in [2.45, 2.75) is 31.2 Å². The highest BCUT2D eigenvalue weighted by molar-refractivity contribution is 9.10. The molecular formula is C13H14BrNO2. The smallest absolute Gasteiger partial charge is 0.235 e. The third kappa shape index (κ3) is 2.15. The topological polar surface area (TPSA) is 38.7 Å². The summed E-state index contributed by atoms with van der Waals surface area (Å²) >= 11 is 3.54. The standard InChI is InChI=1S/C13H14BrNO2/c1-17-11-6-4-5-10(12(11)14)13(15-9-16)7-2-3-8-13/h4-6H,2-3,7-8H2,1H3. The number of nitrogens with zero attached hydrogens (tertiary/aromatic N) is 1. The molecule has 0 heterocycles. The highest BCUT2D eigenvalue weighted by atomic mass is 79.9. The molecule has 0 atom stereocenters. The van der Waals surface area contributed by atoms with Gasteiger partial charge in [0, 0.05) is 0 Å². The Hall–Kier alpha value is -1.12. The fraction of sp³-hybridized carbons (Fsp3) is 0.462. The van der Waals surface area contributed by atoms with E-state index in [0.717, 1.165) is 41.5 Å². The maximum Gasteiger partial charge on any atom is 0.235 e. The summed E-state index contributed by atoms with van der Waals surface area (Å²) in [4.78, 5) is 14.7. The fourth-order valence-electron chi connectivity index (χ4n) is 2.52. The summed E-state index contributed by atoms with van der Waals surface area (Å²) in [5, 5.41) is 0. The second kappa shape index (κ2) is 5.03. The molecule has 0 radical (unpaired) electrons. The van der Waals surface area contributed by atoms with E-state index in [1.165, 1.54) is 0 Å². The van der Waals surface area contributed by atoms with E-state index in [1.807, 2.05) is 18.2 Å². The molecular weight excluding hydrogens is 282 g/mol. The van der Waals surface area contributed by atoms with Crippen molar-refractivity contribution in [1.29, 1.82) is 0 Å². The molecule has 1 aromatic carbocycles. The Labute approximate surface area is 109 Å². The van der Waals surface area contributed by atoms with Crippen LogP contribution in [0.25, 0.3) is 0 Å². The molecule has 1 aliphatic carbocycles. The van der Waals surface area contributed by atoms with Gasteiger partial charge < -0.3 is 4.74 Å². The molecule has 3 nitrogen and oxygen atoms in total. The first kappa shape index (κ1) is 12.3. The van der Waals surface area contributed by atoms with Gasteiger partial charge in [0.25, 0.3) is 0 Å². The molecule has 0 aromatic heterocycles. The molecule has 1 saturated carbocycles. The van der Waals surface area contributed by atoms with Crippen LogP contribution in [0.4, 0.5) is 0 Å². The van der Waals surface area contributed by atoms with Gasteiger partial charge in [0.05, 0.1) is 17.1 Å². The fourth-order valence-corrected chi connectivity index (χ4v) is 3.31. The predicted octanol–water partition coefficient (Wildman–Crippen LogP) is 3.56. The lowest BCUT2D eigenvalue weighted by Crippen LogP contribution is -2.19. The molecule has 1 aromatic rings. The van der Waals surface area contributed by atoms with E-state index in [1.54, 1.807) is 13.2 Å². The van der Waals surface area contributed by atoms with Gasteiger partial charge in [0.15, 0.2) is 0 Å². The number of aliphatic imine (C=N–C) groups is 1. The summed E-state index contributed by atoms with van der Waals surface area (Å²) in [6.45, 7) is 0. The monoisotopic (exact) mass is 295 g/mol. The highest BCUT2D eigenvalue weighted by Crippen LogP contribution is 2.46. The van der Waals surface area contributed by atoms with Gasteiger partial charge in [0.1, 0.15) is 5.75 Å². The van der Waals surface area contributed by atoms with Crippen molar-refractivity contribution < 1.29 is 9.53 Å². The largest absolute Gasteiger partial charge is 0.496 e. The Morgan fingerprint density at radius 1 is 1.41 bits per heavy atom. The number of halogens is 1. The first-order valence-electron chi connectivity index (χ1n) is 5.65. The van der Waals surface area contributed by atoms with Crippen LogP contribution in [0.3, 0.4) is 0 Å². The van der Waals surface area contributed by atoms with Crippen LogP contribution in [0.15, 0.2) is 27.7 Å². The van der Waals surface area contributed by atoms with Crippen LogP contribution < -0.4 is 4.74 Å². The van der Waals surface area contributed by atoms with Crippen LogP contribution in [-0.2, 0) is 10.3 Å². The molecule has 4 heteroatoms. The third-order valence-electron chi connectivity index (χ3n) is 3.37. The van der Waals surface area contributed by atoms with Crippen LogP contribution >= 0.6 is 15.9 Å². The van der Waals surface area contributed by atoms with Crippen molar-refractivity contribution in [2.75, 3.05) is 7.11 Å². The molecule has 0 amide bonds. The number of benzene rings is 1. The quantitative estimate of drug-likeness (QED) is 0.632. The molecule has 0 saturated heterocycles. The highest BCUT2D eigenvalue weighted by Gasteiger charge is 2.37. The van der Waals surface area contributed by atoms with E-state index in [-0.39, 0.29) is 0 Å². The molecule has 0 bridgehead atoms. The lowest BCUT2D eigenvalue weighted by atomic mass is 9.89. The summed E-state index contributed by atoms with van der Waals surface area (Å²) in [6.07, 6.45) is 5.70. The Morgan fingerprint density at radius 2 is 2.12 bits per heavy atom. The van der Waals surface area contributed by atoms with Crippen molar-refractivity contribution >= 4 is 22.0 Å². The van der Waals surface area contributed by atoms with Crippen LogP contribution in [0.2, 0.25) is 0 Å².